The Morgan fingerprint density at radius 1 is 1.03 bits per heavy atom. The minimum atomic E-state index is -1.94. The van der Waals surface area contributed by atoms with Crippen LogP contribution in [0, 0.1) is 0 Å². The van der Waals surface area contributed by atoms with E-state index in [0.29, 0.717) is 11.3 Å². The first-order valence-electron chi connectivity index (χ1n) is 11.0. The maximum atomic E-state index is 13.7. The van der Waals surface area contributed by atoms with Crippen molar-refractivity contribution in [1.82, 2.24) is 0 Å². The fraction of sp³-hybridized carbons (Fsp3) is 0.333. The zero-order valence-electron chi connectivity index (χ0n) is 18.6. The average molecular weight is 500 g/mol. The molecular weight excluding hydrogens is 480 g/mol. The molecule has 0 spiro atoms. The van der Waals surface area contributed by atoms with Crippen LogP contribution in [0.15, 0.2) is 45.8 Å². The summed E-state index contributed by atoms with van der Waals surface area (Å²) in [5.74, 6) is -1.08. The molecule has 0 radical (unpaired) electrons. The van der Waals surface area contributed by atoms with Crippen LogP contribution in [0.25, 0.3) is 21.9 Å². The SMILES string of the molecule is COc1cc2c(c3oc4cccc(OC(=O)[C@H]5O[C@@H](O)[C@H](O)[C@@H](O)[C@@H]5O)c4c(=O)c13)[C@@H]1C=CO[C@@H]1O2. The molecule has 2 aromatic carbocycles. The minimum Gasteiger partial charge on any atom is -0.496 e. The van der Waals surface area contributed by atoms with Crippen LogP contribution in [0.3, 0.4) is 0 Å². The van der Waals surface area contributed by atoms with Gasteiger partial charge in [0.2, 0.25) is 5.43 Å². The summed E-state index contributed by atoms with van der Waals surface area (Å²) >= 11 is 0. The molecule has 1 saturated heterocycles. The Morgan fingerprint density at radius 3 is 2.61 bits per heavy atom. The number of benzene rings is 2. The first kappa shape index (κ1) is 22.8. The summed E-state index contributed by atoms with van der Waals surface area (Å²) in [4.78, 5) is 26.5. The standard InChI is InChI=1S/C24H20O12/c1-31-11-7-12-13(8-5-6-32-24(8)35-12)20-15(11)16(25)14-9(33-20)3-2-4-10(14)34-23(30)21-18(27)17(26)19(28)22(29)36-21/h2-8,17-19,21-22,24,26-29H,1H3/t8-,17-,18-,19+,21-,22+,24+/m0/s1. The van der Waals surface area contributed by atoms with Gasteiger partial charge in [-0.1, -0.05) is 6.07 Å². The van der Waals surface area contributed by atoms with E-state index in [0.717, 1.165) is 0 Å². The molecule has 12 nitrogen and oxygen atoms in total. The Bertz CT molecular complexity index is 1480. The highest BCUT2D eigenvalue weighted by Gasteiger charge is 2.47. The van der Waals surface area contributed by atoms with E-state index in [1.54, 1.807) is 12.1 Å². The monoisotopic (exact) mass is 500 g/mol. The summed E-state index contributed by atoms with van der Waals surface area (Å²) in [6.45, 7) is 0. The molecule has 3 aromatic rings. The van der Waals surface area contributed by atoms with E-state index in [4.69, 9.17) is 28.1 Å². The van der Waals surface area contributed by atoms with Crippen molar-refractivity contribution in [3.8, 4) is 17.2 Å². The molecule has 4 N–H and O–H groups in total. The smallest absolute Gasteiger partial charge is 0.343 e. The summed E-state index contributed by atoms with van der Waals surface area (Å²) in [5, 5.41) is 39.4. The molecule has 0 bridgehead atoms. The van der Waals surface area contributed by atoms with E-state index in [-0.39, 0.29) is 39.4 Å². The lowest BCUT2D eigenvalue weighted by molar-refractivity contribution is -0.279. The molecule has 0 amide bonds. The molecule has 12 heteroatoms. The Morgan fingerprint density at radius 2 is 1.83 bits per heavy atom. The van der Waals surface area contributed by atoms with Crippen LogP contribution in [0.1, 0.15) is 11.5 Å². The van der Waals surface area contributed by atoms with Gasteiger partial charge >= 0.3 is 5.97 Å². The van der Waals surface area contributed by atoms with Gasteiger partial charge in [0.15, 0.2) is 12.4 Å². The van der Waals surface area contributed by atoms with Crippen LogP contribution in [0.2, 0.25) is 0 Å². The fourth-order valence-electron chi connectivity index (χ4n) is 4.73. The second-order valence-electron chi connectivity index (χ2n) is 8.57. The van der Waals surface area contributed by atoms with Gasteiger partial charge in [-0.3, -0.25) is 4.79 Å². The molecule has 7 atom stereocenters. The van der Waals surface area contributed by atoms with Crippen molar-refractivity contribution in [1.29, 1.82) is 0 Å². The molecule has 4 heterocycles. The number of rotatable bonds is 3. The number of aliphatic hydroxyl groups is 4. The van der Waals surface area contributed by atoms with Gasteiger partial charge in [-0.15, -0.1) is 0 Å². The van der Waals surface area contributed by atoms with Crippen molar-refractivity contribution in [2.75, 3.05) is 7.11 Å². The normalized spacial score (nSPS) is 30.5. The summed E-state index contributed by atoms with van der Waals surface area (Å²) in [5.41, 5.74) is 0.395. The van der Waals surface area contributed by atoms with E-state index in [1.807, 2.05) is 0 Å². The number of aliphatic hydroxyl groups excluding tert-OH is 4. The van der Waals surface area contributed by atoms with E-state index in [2.05, 4.69) is 0 Å². The highest BCUT2D eigenvalue weighted by molar-refractivity contribution is 5.99. The second-order valence-corrected chi connectivity index (χ2v) is 8.57. The van der Waals surface area contributed by atoms with Gasteiger partial charge in [0.1, 0.15) is 57.5 Å². The molecule has 3 aliphatic rings. The molecule has 0 saturated carbocycles. The predicted molar refractivity (Wildman–Crippen MR) is 118 cm³/mol. The van der Waals surface area contributed by atoms with Crippen molar-refractivity contribution in [2.24, 2.45) is 0 Å². The first-order valence-corrected chi connectivity index (χ1v) is 11.0. The van der Waals surface area contributed by atoms with Crippen LogP contribution in [0.5, 0.6) is 17.2 Å². The largest absolute Gasteiger partial charge is 0.496 e. The Balaban J connectivity index is 1.47. The summed E-state index contributed by atoms with van der Waals surface area (Å²) in [6, 6.07) is 5.91. The van der Waals surface area contributed by atoms with E-state index in [9.17, 15) is 30.0 Å². The number of hydrogen-bond acceptors (Lipinski definition) is 12. The lowest BCUT2D eigenvalue weighted by atomic mass is 9.97. The molecule has 0 aliphatic carbocycles. The van der Waals surface area contributed by atoms with Gasteiger partial charge in [-0.2, -0.15) is 0 Å². The lowest BCUT2D eigenvalue weighted by Gasteiger charge is -2.36. The molecule has 36 heavy (non-hydrogen) atoms. The zero-order valence-corrected chi connectivity index (χ0v) is 18.6. The van der Waals surface area contributed by atoms with Crippen LogP contribution < -0.4 is 19.6 Å². The highest BCUT2D eigenvalue weighted by atomic mass is 16.7. The number of carbonyl (C=O) groups is 1. The number of methoxy groups -OCH3 is 1. The predicted octanol–water partition coefficient (Wildman–Crippen LogP) is 0.00610. The zero-order chi connectivity index (χ0) is 25.3. The maximum Gasteiger partial charge on any atom is 0.343 e. The Hall–Kier alpha value is -3.68. The number of ether oxygens (including phenoxy) is 5. The molecule has 3 aliphatic heterocycles. The molecule has 188 valence electrons. The fourth-order valence-corrected chi connectivity index (χ4v) is 4.73. The highest BCUT2D eigenvalue weighted by Crippen LogP contribution is 2.49. The minimum absolute atomic E-state index is 0.0864. The number of hydrogen-bond donors (Lipinski definition) is 4. The van der Waals surface area contributed by atoms with Crippen LogP contribution in [0.4, 0.5) is 0 Å². The van der Waals surface area contributed by atoms with Crippen molar-refractivity contribution in [3.05, 3.63) is 52.4 Å². The third kappa shape index (κ3) is 3.20. The molecular formula is C24H20O12. The van der Waals surface area contributed by atoms with Crippen molar-refractivity contribution in [3.63, 3.8) is 0 Å². The quantitative estimate of drug-likeness (QED) is 0.216. The van der Waals surface area contributed by atoms with Crippen LogP contribution >= 0.6 is 0 Å². The summed E-state index contributed by atoms with van der Waals surface area (Å²) in [6.07, 6.45) is -6.62. The lowest BCUT2D eigenvalue weighted by Crippen LogP contribution is -2.60. The van der Waals surface area contributed by atoms with Crippen LogP contribution in [-0.4, -0.2) is 70.5 Å². The Kier molecular flexibility index (Phi) is 5.17. The molecule has 0 unspecified atom stereocenters. The van der Waals surface area contributed by atoms with Gasteiger partial charge in [0.25, 0.3) is 6.29 Å². The van der Waals surface area contributed by atoms with E-state index < -0.39 is 48.4 Å². The Labute approximate surface area is 201 Å². The topological polar surface area (TPSA) is 174 Å². The maximum absolute atomic E-state index is 13.7. The van der Waals surface area contributed by atoms with Crippen molar-refractivity contribution in [2.45, 2.75) is 42.9 Å². The van der Waals surface area contributed by atoms with Gasteiger partial charge in [0, 0.05) is 6.07 Å². The summed E-state index contributed by atoms with van der Waals surface area (Å²) in [7, 11) is 1.38. The third-order valence-corrected chi connectivity index (χ3v) is 6.52. The first-order chi connectivity index (χ1) is 17.3. The number of esters is 1. The molecule has 6 rings (SSSR count). The van der Waals surface area contributed by atoms with Gasteiger partial charge in [-0.25, -0.2) is 4.79 Å². The second kappa shape index (κ2) is 8.18. The number of fused-ring (bicyclic) bond motifs is 6. The van der Waals surface area contributed by atoms with E-state index >= 15 is 0 Å². The summed E-state index contributed by atoms with van der Waals surface area (Å²) < 4.78 is 33.1. The van der Waals surface area contributed by atoms with Gasteiger partial charge in [0.05, 0.1) is 24.9 Å². The molecule has 1 aromatic heterocycles. The third-order valence-electron chi connectivity index (χ3n) is 6.52. The van der Waals surface area contributed by atoms with E-state index in [1.165, 1.54) is 31.6 Å². The number of carbonyl (C=O) groups excluding carboxylic acids is 1. The van der Waals surface area contributed by atoms with Crippen LogP contribution in [-0.2, 0) is 14.3 Å². The van der Waals surface area contributed by atoms with Crippen molar-refractivity contribution >= 4 is 27.9 Å². The average Bonchev–Trinajstić information content (AvgIpc) is 3.45. The van der Waals surface area contributed by atoms with Gasteiger partial charge in [-0.05, 0) is 18.2 Å². The molecule has 1 fully saturated rings. The van der Waals surface area contributed by atoms with Crippen molar-refractivity contribution < 1.29 is 53.3 Å². The van der Waals surface area contributed by atoms with Gasteiger partial charge < -0.3 is 48.5 Å².